The van der Waals surface area contributed by atoms with Gasteiger partial charge in [0.05, 0.1) is 17.6 Å². The molecule has 2 aromatic rings. The van der Waals surface area contributed by atoms with E-state index in [1.807, 2.05) is 30.3 Å². The van der Waals surface area contributed by atoms with E-state index in [0.29, 0.717) is 17.7 Å². The Hall–Kier alpha value is -4.72. The van der Waals surface area contributed by atoms with E-state index in [0.717, 1.165) is 5.56 Å². The molecule has 7 N–H and O–H groups in total. The Bertz CT molecular complexity index is 1750. The molecule has 2 aromatic carbocycles. The lowest BCUT2D eigenvalue weighted by atomic mass is 9.58. The average Bonchev–Trinajstić information content (AvgIpc) is 3.01. The third-order valence-corrected chi connectivity index (χ3v) is 9.91. The van der Waals surface area contributed by atoms with Gasteiger partial charge in [0, 0.05) is 43.4 Å². The first-order chi connectivity index (χ1) is 22.5. The van der Waals surface area contributed by atoms with E-state index in [-0.39, 0.29) is 42.0 Å². The van der Waals surface area contributed by atoms with Gasteiger partial charge in [0.1, 0.15) is 22.8 Å². The molecule has 2 amide bonds. The summed E-state index contributed by atoms with van der Waals surface area (Å²) in [6.07, 6.45) is 0.598. The summed E-state index contributed by atoms with van der Waals surface area (Å²) < 4.78 is 0. The molecule has 1 unspecified atom stereocenters. The van der Waals surface area contributed by atoms with Crippen LogP contribution in [0.4, 0.5) is 5.69 Å². The van der Waals surface area contributed by atoms with E-state index in [2.05, 4.69) is 5.32 Å². The largest absolute Gasteiger partial charge is 0.510 e. The maximum absolute atomic E-state index is 14.3. The third kappa shape index (κ3) is 5.51. The number of anilines is 1. The quantitative estimate of drug-likeness (QED) is 0.210. The number of aliphatic hydroxyl groups excluding tert-OH is 2. The molecule has 13 heteroatoms. The molecule has 0 aliphatic heterocycles. The molecule has 0 saturated heterocycles. The van der Waals surface area contributed by atoms with Crippen LogP contribution in [-0.4, -0.2) is 114 Å². The number of amides is 2. The van der Waals surface area contributed by atoms with Gasteiger partial charge < -0.3 is 36.4 Å². The van der Waals surface area contributed by atoms with Crippen molar-refractivity contribution in [3.8, 4) is 5.75 Å². The van der Waals surface area contributed by atoms with Gasteiger partial charge >= 0.3 is 0 Å². The number of benzene rings is 2. The number of nitrogens with zero attached hydrogens (tertiary/aromatic N) is 3. The number of likely N-dealkylation sites (N-methyl/N-ethyl adjacent to an activating group) is 2. The summed E-state index contributed by atoms with van der Waals surface area (Å²) in [5.74, 6) is -7.40. The second kappa shape index (κ2) is 12.7. The van der Waals surface area contributed by atoms with Crippen molar-refractivity contribution in [1.29, 1.82) is 0 Å². The van der Waals surface area contributed by atoms with Crippen LogP contribution in [0.15, 0.2) is 59.1 Å². The molecule has 5 atom stereocenters. The predicted molar refractivity (Wildman–Crippen MR) is 177 cm³/mol. The summed E-state index contributed by atoms with van der Waals surface area (Å²) in [5.41, 5.74) is 3.82. The molecular formula is C35H43N5O8. The number of allylic oxidation sites excluding steroid dienone is 1. The molecule has 3 aliphatic carbocycles. The van der Waals surface area contributed by atoms with Crippen LogP contribution in [0.2, 0.25) is 0 Å². The first-order valence-electron chi connectivity index (χ1n) is 15.7. The van der Waals surface area contributed by atoms with Gasteiger partial charge in [0.15, 0.2) is 11.4 Å². The number of carbonyl (C=O) groups excluding carboxylic acids is 4. The van der Waals surface area contributed by atoms with Gasteiger partial charge in [-0.25, -0.2) is 0 Å². The highest BCUT2D eigenvalue weighted by molar-refractivity contribution is 6.25. The summed E-state index contributed by atoms with van der Waals surface area (Å²) in [5, 5.41) is 48.9. The van der Waals surface area contributed by atoms with Crippen molar-refractivity contribution < 1.29 is 39.6 Å². The lowest BCUT2D eigenvalue weighted by Gasteiger charge is -2.50. The van der Waals surface area contributed by atoms with Crippen molar-refractivity contribution in [2.45, 2.75) is 43.5 Å². The molecule has 0 bridgehead atoms. The van der Waals surface area contributed by atoms with Crippen LogP contribution in [0, 0.1) is 11.8 Å². The van der Waals surface area contributed by atoms with Crippen molar-refractivity contribution in [2.24, 2.45) is 17.6 Å². The maximum Gasteiger partial charge on any atom is 0.255 e. The Balaban J connectivity index is 1.55. The monoisotopic (exact) mass is 661 g/mol. The van der Waals surface area contributed by atoms with Gasteiger partial charge in [-0.2, -0.15) is 0 Å². The molecule has 0 fully saturated rings. The zero-order valence-electron chi connectivity index (χ0n) is 27.9. The van der Waals surface area contributed by atoms with E-state index in [1.54, 1.807) is 58.2 Å². The molecule has 0 heterocycles. The zero-order chi connectivity index (χ0) is 35.4. The summed E-state index contributed by atoms with van der Waals surface area (Å²) >= 11 is 0. The lowest BCUT2D eigenvalue weighted by molar-refractivity contribution is -0.148. The molecule has 0 aromatic heterocycles. The Morgan fingerprint density at radius 3 is 2.25 bits per heavy atom. The minimum atomic E-state index is -2.73. The van der Waals surface area contributed by atoms with Crippen molar-refractivity contribution in [3.63, 3.8) is 0 Å². The minimum Gasteiger partial charge on any atom is -0.510 e. The highest BCUT2D eigenvalue weighted by Gasteiger charge is 2.63. The number of aromatic hydroxyl groups is 1. The number of nitrogens with two attached hydrogens (primary N) is 1. The predicted octanol–water partition coefficient (Wildman–Crippen LogP) is 0.976. The highest BCUT2D eigenvalue weighted by atomic mass is 16.3. The molecule has 3 aliphatic rings. The number of aliphatic hydroxyl groups is 3. The second-order valence-corrected chi connectivity index (χ2v) is 13.5. The molecule has 48 heavy (non-hydrogen) atoms. The van der Waals surface area contributed by atoms with E-state index in [4.69, 9.17) is 5.73 Å². The lowest BCUT2D eigenvalue weighted by Crippen LogP contribution is -2.63. The fourth-order valence-corrected chi connectivity index (χ4v) is 7.53. The number of primary amides is 1. The minimum absolute atomic E-state index is 0.00939. The summed E-state index contributed by atoms with van der Waals surface area (Å²) in [6, 6.07) is 9.68. The molecule has 0 saturated carbocycles. The number of ketones is 2. The average molecular weight is 662 g/mol. The van der Waals surface area contributed by atoms with Crippen LogP contribution < -0.4 is 16.0 Å². The van der Waals surface area contributed by atoms with E-state index in [9.17, 15) is 39.6 Å². The van der Waals surface area contributed by atoms with Crippen LogP contribution >= 0.6 is 0 Å². The fraction of sp³-hybridized carbons (Fsp3) is 0.429. The molecule has 0 spiro atoms. The molecule has 13 nitrogen and oxygen atoms in total. The Kier molecular flexibility index (Phi) is 9.17. The van der Waals surface area contributed by atoms with Gasteiger partial charge in [0.2, 0.25) is 11.7 Å². The van der Waals surface area contributed by atoms with Crippen molar-refractivity contribution in [1.82, 2.24) is 15.1 Å². The summed E-state index contributed by atoms with van der Waals surface area (Å²) in [7, 11) is 10.3. The summed E-state index contributed by atoms with van der Waals surface area (Å²) in [6.45, 7) is -0.110. The van der Waals surface area contributed by atoms with Gasteiger partial charge in [-0.3, -0.25) is 29.0 Å². The van der Waals surface area contributed by atoms with Crippen LogP contribution in [0.25, 0.3) is 0 Å². The van der Waals surface area contributed by atoms with E-state index in [1.165, 1.54) is 4.90 Å². The number of nitrogens with one attached hydrogen (secondary N) is 1. The number of fused-ring (bicyclic) bond motifs is 3. The maximum atomic E-state index is 14.3. The van der Waals surface area contributed by atoms with Gasteiger partial charge in [-0.15, -0.1) is 0 Å². The Morgan fingerprint density at radius 1 is 1.04 bits per heavy atom. The number of rotatable bonds is 9. The van der Waals surface area contributed by atoms with Crippen molar-refractivity contribution in [2.75, 3.05) is 47.2 Å². The highest BCUT2D eigenvalue weighted by Crippen LogP contribution is 2.53. The number of phenolic OH excluding ortho intramolecular Hbond substituents is 1. The first-order valence-corrected chi connectivity index (χ1v) is 15.7. The van der Waals surface area contributed by atoms with Crippen LogP contribution in [-0.2, 0) is 33.8 Å². The van der Waals surface area contributed by atoms with E-state index < -0.39 is 69.8 Å². The number of Topliss-reactive ketones (excluding diaryl/α,β-unsaturated/α-hetero) is 2. The third-order valence-electron chi connectivity index (χ3n) is 9.91. The first kappa shape index (κ1) is 34.6. The Morgan fingerprint density at radius 2 is 1.69 bits per heavy atom. The van der Waals surface area contributed by atoms with Crippen LogP contribution in [0.3, 0.4) is 0 Å². The van der Waals surface area contributed by atoms with Gasteiger partial charge in [-0.05, 0) is 70.6 Å². The molecule has 256 valence electrons. The van der Waals surface area contributed by atoms with Crippen LogP contribution in [0.1, 0.15) is 33.5 Å². The number of phenols is 1. The smallest absolute Gasteiger partial charge is 0.255 e. The van der Waals surface area contributed by atoms with Gasteiger partial charge in [-0.1, -0.05) is 30.3 Å². The molecule has 5 rings (SSSR count). The summed E-state index contributed by atoms with van der Waals surface area (Å²) in [4.78, 5) is 58.6. The number of hydrogen-bond donors (Lipinski definition) is 6. The van der Waals surface area contributed by atoms with Crippen LogP contribution in [0.5, 0.6) is 5.75 Å². The van der Waals surface area contributed by atoms with E-state index >= 15 is 0 Å². The number of hydrogen-bond acceptors (Lipinski definition) is 11. The topological polar surface area (TPSA) is 197 Å². The Labute approximate surface area is 278 Å². The second-order valence-electron chi connectivity index (χ2n) is 13.5. The molecular weight excluding hydrogens is 618 g/mol. The number of carbonyl (C=O) groups is 4. The fourth-order valence-electron chi connectivity index (χ4n) is 7.53. The van der Waals surface area contributed by atoms with Crippen molar-refractivity contribution in [3.05, 3.63) is 81.3 Å². The normalized spacial score (nSPS) is 24.3. The standard InChI is InChI=1S/C35H43N5O8/c1-38(2)22-15-19(16-37-34(47)23(39(3)4)12-17-10-8-7-9-11-17)28(41)25-20(22)13-18-14-21-27(40(5)6)30(43)26(33(36)46)32(45)35(21,48)31(44)24(18)29(25)42/h7-11,15,18,21,23,27,41,43-44,48H,12-14,16H2,1-6H3,(H2,36,46)(H,37,47)/t18-,21-,23?,27-,35-/m0/s1. The SMILES string of the molecule is CN(C)c1cc(CNC(=O)C(Cc2ccccc2)N(C)C)c(O)c2c1C[C@H]1C[C@H]3[C@H](N(C)C)C(O)=C(C(N)=O)C(=O)[C@@]3(O)C(O)=C1C2=O. The van der Waals surface area contributed by atoms with Crippen molar-refractivity contribution >= 4 is 29.1 Å². The molecule has 0 radical (unpaired) electrons. The zero-order valence-corrected chi connectivity index (χ0v) is 27.9. The van der Waals surface area contributed by atoms with Gasteiger partial charge in [0.25, 0.3) is 5.91 Å².